The normalized spacial score (nSPS) is 12.8. The van der Waals surface area contributed by atoms with E-state index in [9.17, 15) is 0 Å². The number of thiophene rings is 1. The number of fused-ring (bicyclic) bond motifs is 1. The van der Waals surface area contributed by atoms with Crippen LogP contribution in [0.1, 0.15) is 16.0 Å². The zero-order valence-corrected chi connectivity index (χ0v) is 13.7. The van der Waals surface area contributed by atoms with Crippen molar-refractivity contribution >= 4 is 60.6 Å². The van der Waals surface area contributed by atoms with Gasteiger partial charge < -0.3 is 0 Å². The van der Waals surface area contributed by atoms with Gasteiger partial charge in [-0.1, -0.05) is 63.4 Å². The summed E-state index contributed by atoms with van der Waals surface area (Å²) in [5, 5.41) is 4.78. The molecule has 0 aliphatic carbocycles. The third-order valence-electron chi connectivity index (χ3n) is 3.02. The third-order valence-corrected chi connectivity index (χ3v) is 5.55. The van der Waals surface area contributed by atoms with Crippen LogP contribution in [-0.4, -0.2) is 0 Å². The number of rotatable bonds is 2. The van der Waals surface area contributed by atoms with E-state index in [1.807, 2.05) is 12.1 Å². The van der Waals surface area contributed by atoms with Crippen LogP contribution in [0, 0.1) is 0 Å². The SMILES string of the molecule is Clc1ccc(C(Br)c2csc3ccccc23)c(Cl)c1. The molecule has 1 unspecified atom stereocenters. The van der Waals surface area contributed by atoms with E-state index in [2.05, 4.69) is 45.6 Å². The summed E-state index contributed by atoms with van der Waals surface area (Å²) in [4.78, 5) is 0.0772. The summed E-state index contributed by atoms with van der Waals surface area (Å²) >= 11 is 17.7. The zero-order chi connectivity index (χ0) is 13.4. The fourth-order valence-electron chi connectivity index (χ4n) is 2.07. The van der Waals surface area contributed by atoms with Gasteiger partial charge in [-0.2, -0.15) is 0 Å². The zero-order valence-electron chi connectivity index (χ0n) is 9.74. The molecule has 19 heavy (non-hydrogen) atoms. The summed E-state index contributed by atoms with van der Waals surface area (Å²) in [7, 11) is 0. The molecule has 96 valence electrons. The quantitative estimate of drug-likeness (QED) is 0.440. The second kappa shape index (κ2) is 5.45. The molecule has 0 amide bonds. The number of halogens is 3. The van der Waals surface area contributed by atoms with Gasteiger partial charge in [-0.05, 0) is 40.1 Å². The van der Waals surface area contributed by atoms with Crippen LogP contribution in [0.5, 0.6) is 0 Å². The summed E-state index contributed by atoms with van der Waals surface area (Å²) in [6.45, 7) is 0. The van der Waals surface area contributed by atoms with Gasteiger partial charge in [0.15, 0.2) is 0 Å². The van der Waals surface area contributed by atoms with E-state index < -0.39 is 0 Å². The van der Waals surface area contributed by atoms with Crippen LogP contribution in [0.25, 0.3) is 10.1 Å². The van der Waals surface area contributed by atoms with Crippen molar-refractivity contribution in [2.75, 3.05) is 0 Å². The van der Waals surface area contributed by atoms with Gasteiger partial charge in [0.25, 0.3) is 0 Å². The lowest BCUT2D eigenvalue weighted by atomic mass is 10.0. The molecule has 4 heteroatoms. The Balaban J connectivity index is 2.10. The van der Waals surface area contributed by atoms with Crippen molar-refractivity contribution in [1.29, 1.82) is 0 Å². The van der Waals surface area contributed by atoms with Crippen molar-refractivity contribution in [2.24, 2.45) is 0 Å². The average Bonchev–Trinajstić information content (AvgIpc) is 2.82. The Kier molecular flexibility index (Phi) is 3.86. The summed E-state index contributed by atoms with van der Waals surface area (Å²) in [5.74, 6) is 0. The van der Waals surface area contributed by atoms with E-state index in [-0.39, 0.29) is 4.83 Å². The molecule has 2 aromatic carbocycles. The Morgan fingerprint density at radius 1 is 1.00 bits per heavy atom. The van der Waals surface area contributed by atoms with Crippen molar-refractivity contribution in [3.8, 4) is 0 Å². The van der Waals surface area contributed by atoms with E-state index in [1.54, 1.807) is 17.4 Å². The summed E-state index contributed by atoms with van der Waals surface area (Å²) in [6.07, 6.45) is 0. The highest BCUT2D eigenvalue weighted by Gasteiger charge is 2.17. The van der Waals surface area contributed by atoms with Gasteiger partial charge in [-0.3, -0.25) is 0 Å². The highest BCUT2D eigenvalue weighted by Crippen LogP contribution is 2.41. The minimum absolute atomic E-state index is 0.0772. The van der Waals surface area contributed by atoms with Gasteiger partial charge in [0.05, 0.1) is 4.83 Å². The monoisotopic (exact) mass is 370 g/mol. The standard InChI is InChI=1S/C15H9BrCl2S/c16-15(11-6-5-9(17)7-13(11)18)12-8-19-14-4-2-1-3-10(12)14/h1-8,15H. The van der Waals surface area contributed by atoms with Gasteiger partial charge in [0, 0.05) is 14.7 Å². The second-order valence-electron chi connectivity index (χ2n) is 4.22. The minimum Gasteiger partial charge on any atom is -0.143 e. The van der Waals surface area contributed by atoms with Crippen LogP contribution in [0.3, 0.4) is 0 Å². The average molecular weight is 372 g/mol. The van der Waals surface area contributed by atoms with Crippen molar-refractivity contribution in [2.45, 2.75) is 4.83 Å². The van der Waals surface area contributed by atoms with E-state index in [0.717, 1.165) is 5.56 Å². The third kappa shape index (κ3) is 2.55. The highest BCUT2D eigenvalue weighted by molar-refractivity contribution is 9.09. The molecular weight excluding hydrogens is 363 g/mol. The van der Waals surface area contributed by atoms with Gasteiger partial charge >= 0.3 is 0 Å². The van der Waals surface area contributed by atoms with E-state index >= 15 is 0 Å². The summed E-state index contributed by atoms with van der Waals surface area (Å²) in [5.41, 5.74) is 2.28. The second-order valence-corrected chi connectivity index (χ2v) is 6.89. The molecule has 1 aromatic heterocycles. The molecule has 0 aliphatic rings. The van der Waals surface area contributed by atoms with Crippen LogP contribution < -0.4 is 0 Å². The molecule has 3 rings (SSSR count). The van der Waals surface area contributed by atoms with Gasteiger partial charge in [-0.25, -0.2) is 0 Å². The molecule has 0 N–H and O–H groups in total. The molecule has 0 radical (unpaired) electrons. The first kappa shape index (κ1) is 13.4. The Bertz CT molecular complexity index is 736. The lowest BCUT2D eigenvalue weighted by molar-refractivity contribution is 1.21. The molecule has 0 bridgehead atoms. The highest BCUT2D eigenvalue weighted by atomic mass is 79.9. The molecule has 3 aromatic rings. The molecule has 0 saturated carbocycles. The predicted octanol–water partition coefficient (Wildman–Crippen LogP) is 6.69. The first-order valence-corrected chi connectivity index (χ1v) is 8.27. The molecular formula is C15H9BrCl2S. The maximum Gasteiger partial charge on any atom is 0.0673 e. The lowest BCUT2D eigenvalue weighted by Crippen LogP contribution is -1.92. The molecule has 0 aliphatic heterocycles. The first-order valence-electron chi connectivity index (χ1n) is 5.72. The first-order chi connectivity index (χ1) is 9.16. The maximum absolute atomic E-state index is 6.28. The van der Waals surface area contributed by atoms with Crippen molar-refractivity contribution in [3.05, 3.63) is 69.0 Å². The summed E-state index contributed by atoms with van der Waals surface area (Å²) < 4.78 is 1.28. The fourth-order valence-corrected chi connectivity index (χ4v) is 4.66. The van der Waals surface area contributed by atoms with Gasteiger partial charge in [0.1, 0.15) is 0 Å². The lowest BCUT2D eigenvalue weighted by Gasteiger charge is -2.12. The van der Waals surface area contributed by atoms with Crippen LogP contribution >= 0.6 is 50.5 Å². The number of alkyl halides is 1. The van der Waals surface area contributed by atoms with Gasteiger partial charge in [-0.15, -0.1) is 11.3 Å². The molecule has 1 atom stereocenters. The Morgan fingerprint density at radius 2 is 1.79 bits per heavy atom. The number of hydrogen-bond acceptors (Lipinski definition) is 1. The molecule has 1 heterocycles. The maximum atomic E-state index is 6.28. The Hall–Kier alpha value is -0.540. The van der Waals surface area contributed by atoms with Crippen molar-refractivity contribution < 1.29 is 0 Å². The summed E-state index contributed by atoms with van der Waals surface area (Å²) in [6, 6.07) is 14.0. The Labute approximate surface area is 134 Å². The van der Waals surface area contributed by atoms with Gasteiger partial charge in [0.2, 0.25) is 0 Å². The van der Waals surface area contributed by atoms with E-state index in [4.69, 9.17) is 23.2 Å². The number of benzene rings is 2. The van der Waals surface area contributed by atoms with Crippen LogP contribution in [0.2, 0.25) is 10.0 Å². The van der Waals surface area contributed by atoms with Crippen molar-refractivity contribution in [1.82, 2.24) is 0 Å². The smallest absolute Gasteiger partial charge is 0.0673 e. The predicted molar refractivity (Wildman–Crippen MR) is 89.1 cm³/mol. The molecule has 0 spiro atoms. The van der Waals surface area contributed by atoms with E-state index in [1.165, 1.54) is 15.6 Å². The largest absolute Gasteiger partial charge is 0.143 e. The number of hydrogen-bond donors (Lipinski definition) is 0. The van der Waals surface area contributed by atoms with E-state index in [0.29, 0.717) is 10.0 Å². The molecule has 0 saturated heterocycles. The molecule has 0 fully saturated rings. The van der Waals surface area contributed by atoms with Crippen LogP contribution in [-0.2, 0) is 0 Å². The Morgan fingerprint density at radius 3 is 2.58 bits per heavy atom. The fraction of sp³-hybridized carbons (Fsp3) is 0.0667. The topological polar surface area (TPSA) is 0 Å². The minimum atomic E-state index is 0.0772. The van der Waals surface area contributed by atoms with Crippen LogP contribution in [0.15, 0.2) is 47.8 Å². The van der Waals surface area contributed by atoms with Crippen molar-refractivity contribution in [3.63, 3.8) is 0 Å². The van der Waals surface area contributed by atoms with Crippen LogP contribution in [0.4, 0.5) is 0 Å². The molecule has 0 nitrogen and oxygen atoms in total.